The number of aromatic carboxylic acids is 1. The van der Waals surface area contributed by atoms with Gasteiger partial charge in [0.15, 0.2) is 0 Å². The summed E-state index contributed by atoms with van der Waals surface area (Å²) in [6, 6.07) is 4.95. The van der Waals surface area contributed by atoms with Gasteiger partial charge in [0.25, 0.3) is 0 Å². The minimum Gasteiger partial charge on any atom is -0.478 e. The van der Waals surface area contributed by atoms with Gasteiger partial charge in [0.1, 0.15) is 0 Å². The van der Waals surface area contributed by atoms with Crippen LogP contribution >= 0.6 is 0 Å². The summed E-state index contributed by atoms with van der Waals surface area (Å²) in [5.74, 6) is -1.18. The fourth-order valence-electron chi connectivity index (χ4n) is 1.62. The molecule has 0 aliphatic carbocycles. The van der Waals surface area contributed by atoms with E-state index in [2.05, 4.69) is 12.2 Å². The van der Waals surface area contributed by atoms with Gasteiger partial charge in [0, 0.05) is 12.6 Å². The number of unbranched alkanes of at least 4 members (excludes halogenated alkanes) is 1. The molecule has 17 heavy (non-hydrogen) atoms. The Bertz CT molecular complexity index is 427. The van der Waals surface area contributed by atoms with Crippen molar-refractivity contribution in [1.82, 2.24) is 0 Å². The van der Waals surface area contributed by atoms with E-state index in [0.29, 0.717) is 5.69 Å². The third kappa shape index (κ3) is 4.26. The summed E-state index contributed by atoms with van der Waals surface area (Å²) in [5, 5.41) is 11.6. The summed E-state index contributed by atoms with van der Waals surface area (Å²) in [5.41, 5.74) is 1.70. The van der Waals surface area contributed by atoms with Gasteiger partial charge in [-0.2, -0.15) is 0 Å². The van der Waals surface area contributed by atoms with Gasteiger partial charge in [-0.05, 0) is 36.6 Å². The Morgan fingerprint density at radius 2 is 2.00 bits per heavy atom. The lowest BCUT2D eigenvalue weighted by molar-refractivity contribution is -0.114. The highest BCUT2D eigenvalue weighted by atomic mass is 16.4. The molecule has 1 rings (SSSR count). The summed E-state index contributed by atoms with van der Waals surface area (Å²) >= 11 is 0. The second-order valence-corrected chi connectivity index (χ2v) is 4.01. The maximum atomic E-state index is 11.0. The monoisotopic (exact) mass is 235 g/mol. The highest BCUT2D eigenvalue weighted by Crippen LogP contribution is 2.17. The van der Waals surface area contributed by atoms with Crippen LogP contribution in [0.3, 0.4) is 0 Å². The number of carboxylic acids is 1. The summed E-state index contributed by atoms with van der Waals surface area (Å²) in [4.78, 5) is 21.9. The van der Waals surface area contributed by atoms with Crippen LogP contribution in [0.2, 0.25) is 0 Å². The lowest BCUT2D eigenvalue weighted by Crippen LogP contribution is -2.08. The molecule has 0 aliphatic heterocycles. The molecule has 0 atom stereocenters. The van der Waals surface area contributed by atoms with E-state index in [-0.39, 0.29) is 11.5 Å². The molecule has 0 spiro atoms. The van der Waals surface area contributed by atoms with E-state index in [9.17, 15) is 9.59 Å². The van der Waals surface area contributed by atoms with Crippen molar-refractivity contribution in [3.63, 3.8) is 0 Å². The second-order valence-electron chi connectivity index (χ2n) is 4.01. The SMILES string of the molecule is CCCCc1cc(NC(C)=O)cc(C(=O)O)c1. The third-order valence-electron chi connectivity index (χ3n) is 2.38. The Kier molecular flexibility index (Phi) is 4.69. The first kappa shape index (κ1) is 13.2. The van der Waals surface area contributed by atoms with Crippen LogP contribution in [0.15, 0.2) is 18.2 Å². The van der Waals surface area contributed by atoms with Crippen molar-refractivity contribution in [3.8, 4) is 0 Å². The zero-order valence-corrected chi connectivity index (χ0v) is 10.1. The highest BCUT2D eigenvalue weighted by molar-refractivity contribution is 5.93. The van der Waals surface area contributed by atoms with Crippen molar-refractivity contribution in [2.24, 2.45) is 0 Å². The van der Waals surface area contributed by atoms with Gasteiger partial charge in [-0.15, -0.1) is 0 Å². The van der Waals surface area contributed by atoms with Crippen LogP contribution in [0.25, 0.3) is 0 Å². The molecule has 4 nitrogen and oxygen atoms in total. The maximum absolute atomic E-state index is 11.0. The van der Waals surface area contributed by atoms with Gasteiger partial charge >= 0.3 is 5.97 Å². The molecular formula is C13H17NO3. The van der Waals surface area contributed by atoms with Crippen LogP contribution in [-0.2, 0) is 11.2 Å². The van der Waals surface area contributed by atoms with Crippen LogP contribution in [-0.4, -0.2) is 17.0 Å². The number of benzene rings is 1. The summed E-state index contributed by atoms with van der Waals surface area (Å²) < 4.78 is 0. The molecule has 1 aromatic carbocycles. The van der Waals surface area contributed by atoms with Crippen molar-refractivity contribution in [2.75, 3.05) is 5.32 Å². The Balaban J connectivity index is 3.00. The first-order valence-electron chi connectivity index (χ1n) is 5.67. The van der Waals surface area contributed by atoms with Gasteiger partial charge in [0.05, 0.1) is 5.56 Å². The summed E-state index contributed by atoms with van der Waals surface area (Å²) in [7, 11) is 0. The molecule has 0 aliphatic rings. The quantitative estimate of drug-likeness (QED) is 0.824. The molecule has 0 saturated carbocycles. The van der Waals surface area contributed by atoms with Crippen LogP contribution in [0.4, 0.5) is 5.69 Å². The number of anilines is 1. The smallest absolute Gasteiger partial charge is 0.335 e. The number of carbonyl (C=O) groups is 2. The van der Waals surface area contributed by atoms with Gasteiger partial charge in [0.2, 0.25) is 5.91 Å². The van der Waals surface area contributed by atoms with Gasteiger partial charge in [-0.25, -0.2) is 4.79 Å². The highest BCUT2D eigenvalue weighted by Gasteiger charge is 2.07. The molecule has 0 saturated heterocycles. The molecule has 2 N–H and O–H groups in total. The molecule has 0 bridgehead atoms. The lowest BCUT2D eigenvalue weighted by atomic mass is 10.0. The molecule has 0 heterocycles. The summed E-state index contributed by atoms with van der Waals surface area (Å²) in [6.07, 6.45) is 2.87. The van der Waals surface area contributed by atoms with E-state index in [0.717, 1.165) is 24.8 Å². The molecular weight excluding hydrogens is 218 g/mol. The standard InChI is InChI=1S/C13H17NO3/c1-3-4-5-10-6-11(13(16)17)8-12(7-10)14-9(2)15/h6-8H,3-5H2,1-2H3,(H,14,15)(H,16,17). The fraction of sp³-hybridized carbons (Fsp3) is 0.385. The Morgan fingerprint density at radius 1 is 1.29 bits per heavy atom. The number of rotatable bonds is 5. The minimum atomic E-state index is -0.977. The van der Waals surface area contributed by atoms with Crippen LogP contribution in [0.5, 0.6) is 0 Å². The van der Waals surface area contributed by atoms with E-state index in [1.54, 1.807) is 6.07 Å². The Labute approximate surface area is 101 Å². The Morgan fingerprint density at radius 3 is 2.53 bits per heavy atom. The second kappa shape index (κ2) is 6.03. The van der Waals surface area contributed by atoms with Crippen molar-refractivity contribution < 1.29 is 14.7 Å². The number of aryl methyl sites for hydroxylation is 1. The van der Waals surface area contributed by atoms with Crippen molar-refractivity contribution in [2.45, 2.75) is 33.1 Å². The molecule has 0 radical (unpaired) electrons. The number of carboxylic acid groups (broad SMARTS) is 1. The molecule has 0 aromatic heterocycles. The molecule has 4 heteroatoms. The average molecular weight is 235 g/mol. The van der Waals surface area contributed by atoms with Crippen molar-refractivity contribution >= 4 is 17.6 Å². The normalized spacial score (nSPS) is 10.0. The molecule has 1 aromatic rings. The lowest BCUT2D eigenvalue weighted by Gasteiger charge is -2.07. The number of nitrogens with one attached hydrogen (secondary N) is 1. The fourth-order valence-corrected chi connectivity index (χ4v) is 1.62. The largest absolute Gasteiger partial charge is 0.478 e. The van der Waals surface area contributed by atoms with E-state index in [1.165, 1.54) is 13.0 Å². The predicted molar refractivity (Wildman–Crippen MR) is 66.3 cm³/mol. The number of hydrogen-bond donors (Lipinski definition) is 2. The van der Waals surface area contributed by atoms with Crippen LogP contribution < -0.4 is 5.32 Å². The van der Waals surface area contributed by atoms with Gasteiger partial charge in [-0.1, -0.05) is 13.3 Å². The van der Waals surface area contributed by atoms with E-state index >= 15 is 0 Å². The van der Waals surface area contributed by atoms with Crippen LogP contribution in [0, 0.1) is 0 Å². The first-order valence-corrected chi connectivity index (χ1v) is 5.67. The van der Waals surface area contributed by atoms with Gasteiger partial charge in [-0.3, -0.25) is 4.79 Å². The van der Waals surface area contributed by atoms with Crippen molar-refractivity contribution in [3.05, 3.63) is 29.3 Å². The summed E-state index contributed by atoms with van der Waals surface area (Å²) in [6.45, 7) is 3.48. The number of amides is 1. The van der Waals surface area contributed by atoms with E-state index in [1.807, 2.05) is 6.07 Å². The molecule has 1 amide bonds. The molecule has 92 valence electrons. The topological polar surface area (TPSA) is 66.4 Å². The maximum Gasteiger partial charge on any atom is 0.335 e. The zero-order chi connectivity index (χ0) is 12.8. The Hall–Kier alpha value is -1.84. The predicted octanol–water partition coefficient (Wildman–Crippen LogP) is 2.69. The zero-order valence-electron chi connectivity index (χ0n) is 10.1. The van der Waals surface area contributed by atoms with E-state index < -0.39 is 5.97 Å². The van der Waals surface area contributed by atoms with Crippen molar-refractivity contribution in [1.29, 1.82) is 0 Å². The van der Waals surface area contributed by atoms with Gasteiger partial charge < -0.3 is 10.4 Å². The minimum absolute atomic E-state index is 0.200. The average Bonchev–Trinajstić information content (AvgIpc) is 2.25. The molecule has 0 unspecified atom stereocenters. The van der Waals surface area contributed by atoms with E-state index in [4.69, 9.17) is 5.11 Å². The number of carbonyl (C=O) groups excluding carboxylic acids is 1. The van der Waals surface area contributed by atoms with Crippen LogP contribution in [0.1, 0.15) is 42.6 Å². The third-order valence-corrected chi connectivity index (χ3v) is 2.38. The molecule has 0 fully saturated rings. The number of hydrogen-bond acceptors (Lipinski definition) is 2. The first-order chi connectivity index (χ1) is 8.02.